The zero-order valence-electron chi connectivity index (χ0n) is 12.8. The first kappa shape index (κ1) is 15.5. The van der Waals surface area contributed by atoms with Gasteiger partial charge in [-0.2, -0.15) is 5.10 Å². The van der Waals surface area contributed by atoms with Crippen molar-refractivity contribution in [2.24, 2.45) is 0 Å². The van der Waals surface area contributed by atoms with Crippen LogP contribution in [0.15, 0.2) is 6.07 Å². The van der Waals surface area contributed by atoms with E-state index in [1.54, 1.807) is 16.6 Å². The van der Waals surface area contributed by atoms with Gasteiger partial charge in [0.1, 0.15) is 11.7 Å². The van der Waals surface area contributed by atoms with Gasteiger partial charge in [-0.05, 0) is 19.4 Å². The van der Waals surface area contributed by atoms with E-state index in [-0.39, 0.29) is 11.8 Å². The van der Waals surface area contributed by atoms with Crippen LogP contribution in [0.3, 0.4) is 0 Å². The van der Waals surface area contributed by atoms with Gasteiger partial charge in [-0.25, -0.2) is 0 Å². The van der Waals surface area contributed by atoms with Crippen molar-refractivity contribution in [2.75, 3.05) is 26.7 Å². The quantitative estimate of drug-likeness (QED) is 0.793. The number of piperazine rings is 1. The highest BCUT2D eigenvalue weighted by molar-refractivity contribution is 5.96. The van der Waals surface area contributed by atoms with Gasteiger partial charge < -0.3 is 15.5 Å². The number of aryl methyl sites for hydroxylation is 2. The predicted octanol–water partition coefficient (Wildman–Crippen LogP) is -0.375. The topological polar surface area (TPSA) is 79.3 Å². The van der Waals surface area contributed by atoms with Gasteiger partial charge in [0.05, 0.1) is 5.69 Å². The molecular weight excluding hydrogens is 270 g/mol. The van der Waals surface area contributed by atoms with Crippen LogP contribution in [-0.2, 0) is 17.8 Å². The lowest BCUT2D eigenvalue weighted by Crippen LogP contribution is -2.59. The third kappa shape index (κ3) is 3.07. The summed E-state index contributed by atoms with van der Waals surface area (Å²) in [5, 5.41) is 10.2. The van der Waals surface area contributed by atoms with Crippen LogP contribution in [0.5, 0.6) is 0 Å². The monoisotopic (exact) mass is 293 g/mol. The smallest absolute Gasteiger partial charge is 0.272 e. The average Bonchev–Trinajstić information content (AvgIpc) is 2.96. The second-order valence-electron chi connectivity index (χ2n) is 5.02. The Labute approximate surface area is 124 Å². The molecule has 1 unspecified atom stereocenters. The molecule has 1 aromatic rings. The van der Waals surface area contributed by atoms with Gasteiger partial charge in [-0.3, -0.25) is 14.3 Å². The molecule has 1 fully saturated rings. The fourth-order valence-corrected chi connectivity index (χ4v) is 2.55. The molecular formula is C14H23N5O2. The molecule has 2 heterocycles. The fraction of sp³-hybridized carbons (Fsp3) is 0.643. The number of hydrogen-bond donors (Lipinski definition) is 2. The number of aromatic nitrogens is 2. The van der Waals surface area contributed by atoms with Crippen LogP contribution in [0.25, 0.3) is 0 Å². The van der Waals surface area contributed by atoms with Gasteiger partial charge in [-0.1, -0.05) is 6.92 Å². The fourth-order valence-electron chi connectivity index (χ4n) is 2.55. The first-order valence-electron chi connectivity index (χ1n) is 7.42. The van der Waals surface area contributed by atoms with Crippen LogP contribution in [0.2, 0.25) is 0 Å². The van der Waals surface area contributed by atoms with Crippen LogP contribution < -0.4 is 10.6 Å². The summed E-state index contributed by atoms with van der Waals surface area (Å²) in [7, 11) is 1.59. The second-order valence-corrected chi connectivity index (χ2v) is 5.02. The number of nitrogens with one attached hydrogen (secondary N) is 2. The van der Waals surface area contributed by atoms with Gasteiger partial charge in [-0.15, -0.1) is 0 Å². The Hall–Kier alpha value is -1.89. The minimum atomic E-state index is -0.471. The van der Waals surface area contributed by atoms with E-state index in [1.807, 2.05) is 19.9 Å². The predicted molar refractivity (Wildman–Crippen MR) is 79.0 cm³/mol. The van der Waals surface area contributed by atoms with Crippen LogP contribution in [0.4, 0.5) is 0 Å². The first-order chi connectivity index (χ1) is 10.1. The lowest BCUT2D eigenvalue weighted by atomic mass is 10.1. The van der Waals surface area contributed by atoms with E-state index in [0.29, 0.717) is 31.9 Å². The first-order valence-corrected chi connectivity index (χ1v) is 7.42. The molecule has 0 spiro atoms. The lowest BCUT2D eigenvalue weighted by Gasteiger charge is -2.34. The zero-order valence-corrected chi connectivity index (χ0v) is 12.8. The summed E-state index contributed by atoms with van der Waals surface area (Å²) in [6.45, 7) is 6.30. The molecule has 1 atom stereocenters. The lowest BCUT2D eigenvalue weighted by molar-refractivity contribution is -0.125. The van der Waals surface area contributed by atoms with E-state index in [0.717, 1.165) is 12.1 Å². The second kappa shape index (κ2) is 6.71. The molecule has 0 bridgehead atoms. The normalized spacial score (nSPS) is 18.6. The summed E-state index contributed by atoms with van der Waals surface area (Å²) in [6.07, 6.45) is 0.785. The molecule has 2 N–H and O–H groups in total. The minimum absolute atomic E-state index is 0.126. The maximum atomic E-state index is 12.8. The van der Waals surface area contributed by atoms with Crippen molar-refractivity contribution in [1.29, 1.82) is 0 Å². The Morgan fingerprint density at radius 1 is 1.48 bits per heavy atom. The van der Waals surface area contributed by atoms with Crippen molar-refractivity contribution in [3.8, 4) is 0 Å². The Morgan fingerprint density at radius 3 is 2.86 bits per heavy atom. The molecule has 1 aromatic heterocycles. The summed E-state index contributed by atoms with van der Waals surface area (Å²) in [6, 6.07) is 1.36. The number of likely N-dealkylation sites (N-methyl/N-ethyl adjacent to an activating group) is 1. The number of carbonyl (C=O) groups excluding carboxylic acids is 2. The van der Waals surface area contributed by atoms with Gasteiger partial charge in [0.25, 0.3) is 5.91 Å². The van der Waals surface area contributed by atoms with E-state index in [4.69, 9.17) is 0 Å². The zero-order chi connectivity index (χ0) is 15.4. The Morgan fingerprint density at radius 2 is 2.24 bits per heavy atom. The summed E-state index contributed by atoms with van der Waals surface area (Å²) in [5.74, 6) is -0.270. The van der Waals surface area contributed by atoms with Crippen molar-refractivity contribution in [1.82, 2.24) is 25.3 Å². The molecule has 2 amide bonds. The minimum Gasteiger partial charge on any atom is -0.357 e. The summed E-state index contributed by atoms with van der Waals surface area (Å²) in [4.78, 5) is 26.4. The van der Waals surface area contributed by atoms with Gasteiger partial charge in [0.2, 0.25) is 5.91 Å². The third-order valence-electron chi connectivity index (χ3n) is 3.76. The molecule has 1 aliphatic rings. The number of nitrogens with zero attached hydrogens (tertiary/aromatic N) is 3. The van der Waals surface area contributed by atoms with Crippen molar-refractivity contribution in [3.63, 3.8) is 0 Å². The molecule has 1 saturated heterocycles. The van der Waals surface area contributed by atoms with Gasteiger partial charge >= 0.3 is 0 Å². The maximum Gasteiger partial charge on any atom is 0.272 e. The molecule has 7 nitrogen and oxygen atoms in total. The average molecular weight is 293 g/mol. The Kier molecular flexibility index (Phi) is 4.95. The molecule has 0 aromatic carbocycles. The number of rotatable bonds is 4. The van der Waals surface area contributed by atoms with E-state index >= 15 is 0 Å². The van der Waals surface area contributed by atoms with Gasteiger partial charge in [0.15, 0.2) is 0 Å². The van der Waals surface area contributed by atoms with Crippen LogP contribution in [-0.4, -0.2) is 59.2 Å². The molecule has 116 valence electrons. The van der Waals surface area contributed by atoms with E-state index < -0.39 is 6.04 Å². The van der Waals surface area contributed by atoms with Crippen LogP contribution in [0, 0.1) is 0 Å². The molecule has 1 aliphatic heterocycles. The molecule has 2 rings (SSSR count). The Bertz CT molecular complexity index is 525. The summed E-state index contributed by atoms with van der Waals surface area (Å²) < 4.78 is 1.71. The molecule has 21 heavy (non-hydrogen) atoms. The number of hydrogen-bond acceptors (Lipinski definition) is 4. The Balaban J connectivity index is 2.28. The SMILES string of the molecule is CCc1cc(C(=O)N2CCNCC2C(=O)NC)n(CC)n1. The van der Waals surface area contributed by atoms with E-state index in [9.17, 15) is 9.59 Å². The largest absolute Gasteiger partial charge is 0.357 e. The van der Waals surface area contributed by atoms with E-state index in [2.05, 4.69) is 15.7 Å². The van der Waals surface area contributed by atoms with Crippen LogP contribution in [0.1, 0.15) is 30.0 Å². The van der Waals surface area contributed by atoms with Gasteiger partial charge in [0, 0.05) is 33.2 Å². The highest BCUT2D eigenvalue weighted by atomic mass is 16.2. The molecule has 0 radical (unpaired) electrons. The standard InChI is InChI=1S/C14H23N5O2/c1-4-10-8-11(19(5-2)17-10)14(21)18-7-6-16-9-12(18)13(20)15-3/h8,12,16H,4-7,9H2,1-3H3,(H,15,20). The summed E-state index contributed by atoms with van der Waals surface area (Å²) >= 11 is 0. The maximum absolute atomic E-state index is 12.8. The highest BCUT2D eigenvalue weighted by Crippen LogP contribution is 2.13. The molecule has 0 aliphatic carbocycles. The van der Waals surface area contributed by atoms with Crippen molar-refractivity contribution >= 4 is 11.8 Å². The number of carbonyl (C=O) groups is 2. The van der Waals surface area contributed by atoms with E-state index in [1.165, 1.54) is 0 Å². The highest BCUT2D eigenvalue weighted by Gasteiger charge is 2.33. The van der Waals surface area contributed by atoms with Crippen molar-refractivity contribution in [2.45, 2.75) is 32.9 Å². The summed E-state index contributed by atoms with van der Waals surface area (Å²) in [5.41, 5.74) is 1.46. The molecule has 0 saturated carbocycles. The van der Waals surface area contributed by atoms with Crippen LogP contribution >= 0.6 is 0 Å². The molecule has 7 heteroatoms. The van der Waals surface area contributed by atoms with Crippen molar-refractivity contribution < 1.29 is 9.59 Å². The van der Waals surface area contributed by atoms with Crippen molar-refractivity contribution in [3.05, 3.63) is 17.5 Å². The third-order valence-corrected chi connectivity index (χ3v) is 3.76. The number of amides is 2.